The molecule has 12 heteroatoms. The average Bonchev–Trinajstić information content (AvgIpc) is 3.33. The standard InChI is InChI=1S/C25H27F5N2O5/c1-12-18(14-7-8-15(26)19(27)20(14)34-5)21(37-24(12,4)25(28,29)30)22(33)32-13-6-9-16(31-10-13)17-11-35-23(2,3)36-17/h6-10,12,17-18,21H,11H2,1-5H3,(H,32,33)/t12-,17?,18-,21-,24+/m0/s1. The van der Waals surface area contributed by atoms with Gasteiger partial charge in [0.2, 0.25) is 5.82 Å². The lowest BCUT2D eigenvalue weighted by atomic mass is 9.77. The maximum Gasteiger partial charge on any atom is 0.417 e. The van der Waals surface area contributed by atoms with Gasteiger partial charge in [0, 0.05) is 17.4 Å². The molecule has 2 aromatic rings. The van der Waals surface area contributed by atoms with Gasteiger partial charge in [0.05, 0.1) is 31.3 Å². The van der Waals surface area contributed by atoms with Crippen molar-refractivity contribution in [3.63, 3.8) is 0 Å². The Hall–Kier alpha value is -2.83. The van der Waals surface area contributed by atoms with Gasteiger partial charge in [-0.25, -0.2) is 4.39 Å². The number of carbonyl (C=O) groups excluding carboxylic acids is 1. The first-order chi connectivity index (χ1) is 17.2. The van der Waals surface area contributed by atoms with Crippen molar-refractivity contribution in [1.29, 1.82) is 0 Å². The van der Waals surface area contributed by atoms with Gasteiger partial charge in [-0.2, -0.15) is 17.6 Å². The van der Waals surface area contributed by atoms with Crippen LogP contribution in [-0.2, 0) is 19.0 Å². The van der Waals surface area contributed by atoms with Crippen molar-refractivity contribution in [1.82, 2.24) is 4.98 Å². The van der Waals surface area contributed by atoms with Crippen LogP contribution in [0.15, 0.2) is 30.5 Å². The van der Waals surface area contributed by atoms with Gasteiger partial charge < -0.3 is 24.3 Å². The number of methoxy groups -OCH3 is 1. The van der Waals surface area contributed by atoms with Crippen molar-refractivity contribution >= 4 is 11.6 Å². The lowest BCUT2D eigenvalue weighted by Crippen LogP contribution is -2.47. The van der Waals surface area contributed by atoms with Gasteiger partial charge in [-0.05, 0) is 39.0 Å². The van der Waals surface area contributed by atoms with Gasteiger partial charge >= 0.3 is 6.18 Å². The number of rotatable bonds is 5. The van der Waals surface area contributed by atoms with E-state index in [-0.39, 0.29) is 17.9 Å². The van der Waals surface area contributed by atoms with Gasteiger partial charge in [0.1, 0.15) is 12.2 Å². The zero-order valence-corrected chi connectivity index (χ0v) is 20.8. The summed E-state index contributed by atoms with van der Waals surface area (Å²) in [7, 11) is 1.06. The predicted octanol–water partition coefficient (Wildman–Crippen LogP) is 5.27. The third-order valence-electron chi connectivity index (χ3n) is 6.96. The summed E-state index contributed by atoms with van der Waals surface area (Å²) in [5, 5.41) is 2.52. The number of ether oxygens (including phenoxy) is 4. The third-order valence-corrected chi connectivity index (χ3v) is 6.96. The van der Waals surface area contributed by atoms with Crippen molar-refractivity contribution in [3.8, 4) is 5.75 Å². The maximum atomic E-state index is 14.5. The fraction of sp³-hybridized carbons (Fsp3) is 0.520. The molecule has 0 radical (unpaired) electrons. The number of pyridine rings is 1. The SMILES string of the molecule is COc1c([C@H]2[C@@H](C(=O)Nc3ccc(C4COC(C)(C)O4)nc3)O[C@@](C)(C(F)(F)F)[C@H]2C)ccc(F)c1F. The summed E-state index contributed by atoms with van der Waals surface area (Å²) in [4.78, 5) is 17.5. The van der Waals surface area contributed by atoms with Crippen LogP contribution < -0.4 is 10.1 Å². The molecule has 1 N–H and O–H groups in total. The minimum Gasteiger partial charge on any atom is -0.493 e. The lowest BCUT2D eigenvalue weighted by Gasteiger charge is -2.32. The normalized spacial score (nSPS) is 29.4. The number of hydrogen-bond acceptors (Lipinski definition) is 6. The van der Waals surface area contributed by atoms with Crippen LogP contribution in [-0.4, -0.2) is 48.3 Å². The number of halogens is 5. The Bertz CT molecular complexity index is 1170. The summed E-state index contributed by atoms with van der Waals surface area (Å²) < 4.78 is 92.1. The predicted molar refractivity (Wildman–Crippen MR) is 121 cm³/mol. The van der Waals surface area contributed by atoms with E-state index >= 15 is 0 Å². The van der Waals surface area contributed by atoms with Gasteiger partial charge in [-0.1, -0.05) is 13.0 Å². The maximum absolute atomic E-state index is 14.5. The van der Waals surface area contributed by atoms with Gasteiger partial charge in [-0.15, -0.1) is 0 Å². The Kier molecular flexibility index (Phi) is 6.97. The van der Waals surface area contributed by atoms with E-state index in [1.54, 1.807) is 19.9 Å². The minimum atomic E-state index is -4.86. The smallest absolute Gasteiger partial charge is 0.417 e. The highest BCUT2D eigenvalue weighted by atomic mass is 19.4. The van der Waals surface area contributed by atoms with E-state index < -0.39 is 64.9 Å². The Morgan fingerprint density at radius 3 is 2.38 bits per heavy atom. The summed E-state index contributed by atoms with van der Waals surface area (Å²) >= 11 is 0. The van der Waals surface area contributed by atoms with Crippen LogP contribution in [0.1, 0.15) is 51.0 Å². The third kappa shape index (κ3) is 4.89. The van der Waals surface area contributed by atoms with E-state index in [9.17, 15) is 26.7 Å². The van der Waals surface area contributed by atoms with E-state index in [1.807, 2.05) is 0 Å². The van der Waals surface area contributed by atoms with Crippen molar-refractivity contribution < 1.29 is 45.7 Å². The van der Waals surface area contributed by atoms with Crippen molar-refractivity contribution in [2.45, 2.75) is 63.4 Å². The summed E-state index contributed by atoms with van der Waals surface area (Å²) in [6, 6.07) is 4.99. The average molecular weight is 530 g/mol. The Morgan fingerprint density at radius 1 is 1.14 bits per heavy atom. The highest BCUT2D eigenvalue weighted by Gasteiger charge is 2.66. The van der Waals surface area contributed by atoms with Gasteiger partial charge in [0.25, 0.3) is 5.91 Å². The molecule has 1 aromatic carbocycles. The molecule has 3 heterocycles. The number of nitrogens with one attached hydrogen (secondary N) is 1. The second-order valence-electron chi connectivity index (χ2n) is 9.72. The van der Waals surface area contributed by atoms with Crippen LogP contribution in [0, 0.1) is 17.6 Å². The molecule has 1 amide bonds. The molecule has 2 aliphatic rings. The molecular formula is C25H27F5N2O5. The van der Waals surface area contributed by atoms with Crippen molar-refractivity contribution in [3.05, 3.63) is 53.4 Å². The molecule has 1 unspecified atom stereocenters. The van der Waals surface area contributed by atoms with E-state index in [4.69, 9.17) is 18.9 Å². The molecular weight excluding hydrogens is 503 g/mol. The Labute approximate surface area is 210 Å². The highest BCUT2D eigenvalue weighted by molar-refractivity contribution is 5.95. The quantitative estimate of drug-likeness (QED) is 0.531. The van der Waals surface area contributed by atoms with Crippen LogP contribution in [0.25, 0.3) is 0 Å². The number of amides is 1. The molecule has 4 rings (SSSR count). The first-order valence-electron chi connectivity index (χ1n) is 11.5. The van der Waals surface area contributed by atoms with Crippen LogP contribution in [0.2, 0.25) is 0 Å². The van der Waals surface area contributed by atoms with E-state index in [0.29, 0.717) is 5.69 Å². The fourth-order valence-corrected chi connectivity index (χ4v) is 4.76. The summed E-state index contributed by atoms with van der Waals surface area (Å²) in [6.07, 6.45) is -5.65. The zero-order valence-electron chi connectivity index (χ0n) is 20.8. The Balaban J connectivity index is 1.64. The molecule has 0 aliphatic carbocycles. The molecule has 0 saturated carbocycles. The second kappa shape index (κ2) is 9.48. The van der Waals surface area contributed by atoms with Gasteiger partial charge in [-0.3, -0.25) is 9.78 Å². The summed E-state index contributed by atoms with van der Waals surface area (Å²) in [5.74, 6) is -7.53. The molecule has 2 aliphatic heterocycles. The van der Waals surface area contributed by atoms with Crippen LogP contribution >= 0.6 is 0 Å². The summed E-state index contributed by atoms with van der Waals surface area (Å²) in [6.45, 7) is 5.88. The molecule has 2 saturated heterocycles. The Morgan fingerprint density at radius 2 is 1.84 bits per heavy atom. The van der Waals surface area contributed by atoms with E-state index in [2.05, 4.69) is 10.3 Å². The molecule has 0 bridgehead atoms. The number of benzene rings is 1. The molecule has 1 aromatic heterocycles. The lowest BCUT2D eigenvalue weighted by molar-refractivity contribution is -0.272. The highest BCUT2D eigenvalue weighted by Crippen LogP contribution is 2.55. The van der Waals surface area contributed by atoms with Crippen LogP contribution in [0.3, 0.4) is 0 Å². The van der Waals surface area contributed by atoms with Crippen molar-refractivity contribution in [2.75, 3.05) is 19.0 Å². The molecule has 0 spiro atoms. The first kappa shape index (κ1) is 27.2. The number of nitrogens with zero attached hydrogens (tertiary/aromatic N) is 1. The monoisotopic (exact) mass is 530 g/mol. The van der Waals surface area contributed by atoms with Crippen molar-refractivity contribution in [2.24, 2.45) is 5.92 Å². The molecule has 202 valence electrons. The fourth-order valence-electron chi connectivity index (χ4n) is 4.76. The number of anilines is 1. The molecule has 7 nitrogen and oxygen atoms in total. The molecule has 5 atom stereocenters. The zero-order chi connectivity index (χ0) is 27.3. The number of alkyl halides is 3. The largest absolute Gasteiger partial charge is 0.493 e. The van der Waals surface area contributed by atoms with Crippen LogP contribution in [0.4, 0.5) is 27.6 Å². The summed E-state index contributed by atoms with van der Waals surface area (Å²) in [5.41, 5.74) is -2.12. The van der Waals surface area contributed by atoms with Gasteiger partial charge in [0.15, 0.2) is 23.0 Å². The number of aromatic nitrogens is 1. The van der Waals surface area contributed by atoms with E-state index in [1.165, 1.54) is 19.2 Å². The van der Waals surface area contributed by atoms with E-state index in [0.717, 1.165) is 26.2 Å². The minimum absolute atomic E-state index is 0.114. The number of hydrogen-bond donors (Lipinski definition) is 1. The molecule has 2 fully saturated rings. The van der Waals surface area contributed by atoms with Crippen LogP contribution in [0.5, 0.6) is 5.75 Å². The molecule has 37 heavy (non-hydrogen) atoms. The first-order valence-corrected chi connectivity index (χ1v) is 11.5. The number of carbonyl (C=O) groups is 1. The topological polar surface area (TPSA) is 78.9 Å². The second-order valence-corrected chi connectivity index (χ2v) is 9.72.